The topological polar surface area (TPSA) is 129 Å². The van der Waals surface area contributed by atoms with E-state index in [1.165, 1.54) is 44.9 Å². The number of aliphatic hydroxyl groups is 1. The minimum absolute atomic E-state index is 0.0105. The summed E-state index contributed by atoms with van der Waals surface area (Å²) < 4.78 is 34.2. The smallest absolute Gasteiger partial charge is 0.462 e. The fraction of sp³-hybridized carbons (Fsp3) is 0.708. The standard InChI is InChI=1S/C48H84NO9P/c1-6-8-10-11-12-13-14-15-16-17-18-19-22-26-29-32-36-40-48(52)58-46(44-57-59(53,54)56-42-41-49(3,4)5)43-55-47(51)39-35-31-28-25-23-20-21-24-27-30-34-38-45(50)37-33-9-7-2/h12-13,15-16,20-21,25,27-28,30,34,38,45-46,50H,6-11,14,17-19,22-24,26,29,31-33,35-37,39-44H2,1-5H3/p+1/b13-12-,16-15-,21-20-,28-25-,30-27-,38-34+/t45-,46-/m1/s1. The molecule has 11 heteroatoms. The molecule has 0 heterocycles. The number of likely N-dealkylation sites (N-methyl/N-ethyl adjacent to an activating group) is 1. The molecule has 0 aromatic heterocycles. The van der Waals surface area contributed by atoms with Crippen LogP contribution in [0.3, 0.4) is 0 Å². The van der Waals surface area contributed by atoms with Gasteiger partial charge in [0.1, 0.15) is 19.8 Å². The van der Waals surface area contributed by atoms with Gasteiger partial charge in [-0.2, -0.15) is 0 Å². The van der Waals surface area contributed by atoms with Gasteiger partial charge in [0, 0.05) is 12.8 Å². The first kappa shape index (κ1) is 56.4. The summed E-state index contributed by atoms with van der Waals surface area (Å²) in [7, 11) is 1.40. The van der Waals surface area contributed by atoms with E-state index in [1.807, 2.05) is 51.5 Å². The monoisotopic (exact) mass is 851 g/mol. The zero-order valence-electron chi connectivity index (χ0n) is 37.8. The molecular weight excluding hydrogens is 766 g/mol. The van der Waals surface area contributed by atoms with E-state index in [4.69, 9.17) is 18.5 Å². The maximum absolute atomic E-state index is 12.7. The lowest BCUT2D eigenvalue weighted by atomic mass is 10.1. The Kier molecular flexibility index (Phi) is 37.8. The van der Waals surface area contributed by atoms with Crippen molar-refractivity contribution in [1.29, 1.82) is 0 Å². The average Bonchev–Trinajstić information content (AvgIpc) is 3.18. The summed E-state index contributed by atoms with van der Waals surface area (Å²) in [5.74, 6) is -0.905. The summed E-state index contributed by atoms with van der Waals surface area (Å²) >= 11 is 0. The molecule has 0 rings (SSSR count). The van der Waals surface area contributed by atoms with Crippen LogP contribution in [-0.4, -0.2) is 86.1 Å². The van der Waals surface area contributed by atoms with Crippen LogP contribution < -0.4 is 0 Å². The average molecular weight is 851 g/mol. The van der Waals surface area contributed by atoms with E-state index in [-0.39, 0.29) is 32.2 Å². The van der Waals surface area contributed by atoms with E-state index in [0.29, 0.717) is 30.3 Å². The first-order valence-corrected chi connectivity index (χ1v) is 24.3. The van der Waals surface area contributed by atoms with E-state index in [1.54, 1.807) is 0 Å². The molecule has 3 atom stereocenters. The molecule has 0 bridgehead atoms. The van der Waals surface area contributed by atoms with Gasteiger partial charge in [-0.25, -0.2) is 4.57 Å². The third-order valence-corrected chi connectivity index (χ3v) is 10.3. The minimum atomic E-state index is -4.40. The van der Waals surface area contributed by atoms with E-state index >= 15 is 0 Å². The Labute approximate surface area is 360 Å². The Hall–Kier alpha value is -2.59. The van der Waals surface area contributed by atoms with E-state index < -0.39 is 32.5 Å². The molecule has 0 fully saturated rings. The van der Waals surface area contributed by atoms with Gasteiger partial charge in [0.15, 0.2) is 6.10 Å². The molecule has 0 spiro atoms. The van der Waals surface area contributed by atoms with Crippen LogP contribution in [0.5, 0.6) is 0 Å². The predicted octanol–water partition coefficient (Wildman–Crippen LogP) is 12.0. The van der Waals surface area contributed by atoms with Gasteiger partial charge in [-0.15, -0.1) is 0 Å². The van der Waals surface area contributed by atoms with Crippen LogP contribution in [-0.2, 0) is 32.7 Å². The number of hydrogen-bond acceptors (Lipinski definition) is 8. The largest absolute Gasteiger partial charge is 0.472 e. The Morgan fingerprint density at radius 2 is 1.14 bits per heavy atom. The third-order valence-electron chi connectivity index (χ3n) is 9.31. The Balaban J connectivity index is 4.50. The molecule has 59 heavy (non-hydrogen) atoms. The summed E-state index contributed by atoms with van der Waals surface area (Å²) in [6.07, 6.45) is 45.6. The Morgan fingerprint density at radius 1 is 0.610 bits per heavy atom. The van der Waals surface area contributed by atoms with Crippen LogP contribution in [0.15, 0.2) is 72.9 Å². The number of carbonyl (C=O) groups is 2. The number of esters is 2. The Morgan fingerprint density at radius 3 is 1.76 bits per heavy atom. The maximum atomic E-state index is 12.7. The highest BCUT2D eigenvalue weighted by Crippen LogP contribution is 2.43. The first-order chi connectivity index (χ1) is 28.4. The summed E-state index contributed by atoms with van der Waals surface area (Å²) in [6, 6.07) is 0. The summed E-state index contributed by atoms with van der Waals surface area (Å²) in [5.41, 5.74) is 0. The van der Waals surface area contributed by atoms with Gasteiger partial charge in [0.25, 0.3) is 0 Å². The number of carbonyl (C=O) groups excluding carboxylic acids is 2. The first-order valence-electron chi connectivity index (χ1n) is 22.8. The summed E-state index contributed by atoms with van der Waals surface area (Å²) in [5, 5.41) is 9.91. The highest BCUT2D eigenvalue weighted by Gasteiger charge is 2.27. The number of rotatable bonds is 40. The van der Waals surface area contributed by atoms with Crippen LogP contribution in [0.4, 0.5) is 0 Å². The van der Waals surface area contributed by atoms with Gasteiger partial charge in [-0.1, -0.05) is 151 Å². The molecule has 10 nitrogen and oxygen atoms in total. The number of allylic oxidation sites excluding steroid dienone is 11. The molecule has 0 saturated carbocycles. The van der Waals surface area contributed by atoms with Crippen molar-refractivity contribution in [2.75, 3.05) is 47.5 Å². The SMILES string of the molecule is CCCCC/C=C\C/C=C\CCCCCCCCCC(=O)O[C@H](COC(=O)CCC/C=C\C/C=C\C/C=C\C=C\[C@H](O)CCCCC)COP(=O)(O)OCC[N+](C)(C)C. The van der Waals surface area contributed by atoms with Gasteiger partial charge in [-0.05, 0) is 70.6 Å². The molecule has 340 valence electrons. The zero-order valence-corrected chi connectivity index (χ0v) is 38.7. The second-order valence-electron chi connectivity index (χ2n) is 16.3. The summed E-state index contributed by atoms with van der Waals surface area (Å²) in [4.78, 5) is 35.4. The molecule has 0 amide bonds. The van der Waals surface area contributed by atoms with E-state index in [0.717, 1.165) is 70.6 Å². The number of hydrogen-bond donors (Lipinski definition) is 2. The molecule has 0 aromatic carbocycles. The number of aliphatic hydroxyl groups excluding tert-OH is 1. The molecule has 0 aromatic rings. The van der Waals surface area contributed by atoms with Gasteiger partial charge in [-0.3, -0.25) is 18.6 Å². The van der Waals surface area contributed by atoms with Crippen molar-refractivity contribution in [1.82, 2.24) is 0 Å². The highest BCUT2D eigenvalue weighted by atomic mass is 31.2. The van der Waals surface area contributed by atoms with Crippen molar-refractivity contribution in [3.63, 3.8) is 0 Å². The van der Waals surface area contributed by atoms with Crippen LogP contribution in [0.1, 0.15) is 162 Å². The molecule has 0 saturated heterocycles. The lowest BCUT2D eigenvalue weighted by molar-refractivity contribution is -0.870. The summed E-state index contributed by atoms with van der Waals surface area (Å²) in [6.45, 7) is 4.17. The molecule has 0 radical (unpaired) electrons. The van der Waals surface area contributed by atoms with Gasteiger partial charge in [0.2, 0.25) is 0 Å². The van der Waals surface area contributed by atoms with Crippen molar-refractivity contribution >= 4 is 19.8 Å². The van der Waals surface area contributed by atoms with Crippen molar-refractivity contribution in [3.05, 3.63) is 72.9 Å². The lowest BCUT2D eigenvalue weighted by Crippen LogP contribution is -2.37. The van der Waals surface area contributed by atoms with Crippen LogP contribution in [0.2, 0.25) is 0 Å². The number of unbranched alkanes of at least 4 members (excludes halogenated alkanes) is 13. The number of phosphoric acid groups is 1. The predicted molar refractivity (Wildman–Crippen MR) is 244 cm³/mol. The maximum Gasteiger partial charge on any atom is 0.472 e. The van der Waals surface area contributed by atoms with Crippen LogP contribution >= 0.6 is 7.82 Å². The second kappa shape index (κ2) is 39.5. The van der Waals surface area contributed by atoms with Crippen molar-refractivity contribution in [2.45, 2.75) is 174 Å². The minimum Gasteiger partial charge on any atom is -0.462 e. The molecule has 0 aliphatic rings. The van der Waals surface area contributed by atoms with Gasteiger partial charge in [0.05, 0.1) is 33.9 Å². The fourth-order valence-electron chi connectivity index (χ4n) is 5.68. The van der Waals surface area contributed by atoms with Crippen LogP contribution in [0, 0.1) is 0 Å². The molecule has 1 unspecified atom stereocenters. The van der Waals surface area contributed by atoms with Crippen molar-refractivity contribution < 1.29 is 47.2 Å². The number of nitrogens with zero attached hydrogens (tertiary/aromatic N) is 1. The zero-order chi connectivity index (χ0) is 43.7. The van der Waals surface area contributed by atoms with Crippen molar-refractivity contribution in [2.24, 2.45) is 0 Å². The molecule has 0 aliphatic heterocycles. The quantitative estimate of drug-likeness (QED) is 0.0155. The Bertz CT molecular complexity index is 1250. The van der Waals surface area contributed by atoms with Gasteiger partial charge >= 0.3 is 19.8 Å². The lowest BCUT2D eigenvalue weighted by Gasteiger charge is -2.24. The van der Waals surface area contributed by atoms with Crippen molar-refractivity contribution in [3.8, 4) is 0 Å². The van der Waals surface area contributed by atoms with Crippen LogP contribution in [0.25, 0.3) is 0 Å². The normalized spacial score (nSPS) is 14.8. The third kappa shape index (κ3) is 43.3. The highest BCUT2D eigenvalue weighted by molar-refractivity contribution is 7.47. The van der Waals surface area contributed by atoms with Gasteiger partial charge < -0.3 is 24.0 Å². The second-order valence-corrected chi connectivity index (χ2v) is 17.7. The fourth-order valence-corrected chi connectivity index (χ4v) is 6.42. The molecule has 2 N–H and O–H groups in total. The number of quaternary nitrogens is 1. The van der Waals surface area contributed by atoms with E-state index in [9.17, 15) is 24.2 Å². The number of phosphoric ester groups is 1. The number of ether oxygens (including phenoxy) is 2. The van der Waals surface area contributed by atoms with E-state index in [2.05, 4.69) is 56.4 Å². The molecule has 0 aliphatic carbocycles. The molecular formula is C48H85NO9P+.